The Bertz CT molecular complexity index is 1860. The molecule has 2 amide bonds. The van der Waals surface area contributed by atoms with Crippen molar-refractivity contribution < 1.29 is 23.8 Å². The second-order valence-corrected chi connectivity index (χ2v) is 12.0. The molecule has 0 radical (unpaired) electrons. The van der Waals surface area contributed by atoms with Gasteiger partial charge < -0.3 is 30.3 Å². The number of aromatic nitrogens is 3. The first kappa shape index (κ1) is 32.5. The predicted molar refractivity (Wildman–Crippen MR) is 173 cm³/mol. The molecular formula is C32H31Cl2FN8O4. The Morgan fingerprint density at radius 1 is 1.17 bits per heavy atom. The predicted octanol–water partition coefficient (Wildman–Crippen LogP) is 4.13. The van der Waals surface area contributed by atoms with Gasteiger partial charge in [0, 0.05) is 62.3 Å². The number of nitrogens with zero attached hydrogens (tertiary/aromatic N) is 6. The molecule has 6 rings (SSSR count). The molecule has 2 saturated heterocycles. The molecule has 3 N–H and O–H groups in total. The number of piperazine rings is 1. The average molecular weight is 682 g/mol. The van der Waals surface area contributed by atoms with Gasteiger partial charge in [-0.2, -0.15) is 5.26 Å². The first-order valence-electron chi connectivity index (χ1n) is 15.1. The van der Waals surface area contributed by atoms with E-state index in [0.717, 1.165) is 0 Å². The zero-order valence-corrected chi connectivity index (χ0v) is 26.6. The van der Waals surface area contributed by atoms with Gasteiger partial charge in [0.1, 0.15) is 6.07 Å². The van der Waals surface area contributed by atoms with Gasteiger partial charge in [-0.1, -0.05) is 23.2 Å². The van der Waals surface area contributed by atoms with Gasteiger partial charge in [-0.05, 0) is 43.2 Å². The van der Waals surface area contributed by atoms with E-state index in [1.165, 1.54) is 6.07 Å². The summed E-state index contributed by atoms with van der Waals surface area (Å²) in [6.45, 7) is 2.30. The fourth-order valence-electron chi connectivity index (χ4n) is 6.01. The third-order valence-electron chi connectivity index (χ3n) is 8.48. The summed E-state index contributed by atoms with van der Waals surface area (Å²) in [4.78, 5) is 38.9. The highest BCUT2D eigenvalue weighted by Crippen LogP contribution is 2.36. The molecule has 1 atom stereocenters. The minimum Gasteiger partial charge on any atom is -0.476 e. The van der Waals surface area contributed by atoms with Gasteiger partial charge in [0.2, 0.25) is 5.91 Å². The van der Waals surface area contributed by atoms with Crippen LogP contribution in [0.4, 0.5) is 15.9 Å². The number of hydrogen-bond donors (Lipinski definition) is 3. The Labute approximate surface area is 279 Å². The van der Waals surface area contributed by atoms with Crippen LogP contribution in [0.2, 0.25) is 10.0 Å². The van der Waals surface area contributed by atoms with E-state index < -0.39 is 5.82 Å². The van der Waals surface area contributed by atoms with Gasteiger partial charge >= 0.3 is 0 Å². The number of ether oxygens (including phenoxy) is 1. The maximum Gasteiger partial charge on any atom is 0.255 e. The smallest absolute Gasteiger partial charge is 0.255 e. The number of aliphatic hydroxyl groups is 1. The van der Waals surface area contributed by atoms with Crippen LogP contribution in [0.3, 0.4) is 0 Å². The number of aliphatic hydroxyl groups excluding tert-OH is 1. The molecule has 1 unspecified atom stereocenters. The molecule has 2 aromatic heterocycles. The molecule has 2 aliphatic rings. The van der Waals surface area contributed by atoms with Crippen molar-refractivity contribution in [3.63, 3.8) is 0 Å². The lowest BCUT2D eigenvalue weighted by Crippen LogP contribution is -2.57. The van der Waals surface area contributed by atoms with E-state index in [4.69, 9.17) is 33.2 Å². The molecule has 0 saturated carbocycles. The van der Waals surface area contributed by atoms with E-state index in [0.29, 0.717) is 79.5 Å². The number of carbonyl (C=O) groups excluding carboxylic acids is 2. The summed E-state index contributed by atoms with van der Waals surface area (Å²) in [7, 11) is 0. The van der Waals surface area contributed by atoms with Gasteiger partial charge in [-0.3, -0.25) is 14.0 Å². The van der Waals surface area contributed by atoms with E-state index in [-0.39, 0.29) is 52.8 Å². The monoisotopic (exact) mass is 680 g/mol. The van der Waals surface area contributed by atoms with E-state index in [9.17, 15) is 19.1 Å². The Hall–Kier alpha value is -4.48. The standard InChI is InChI=1S/C32H31Cl2FN8O4/c33-24-15-20(1-2-22(24)32(46)41-10-5-19(6-11-41)31(45)42-12-8-37-16-21(42)18-44)40-29-30-39-17-25(43(30)13-9-38-29)23-3-4-26(47-14-7-36)28(35)27(23)34/h1-4,9,13,15,17,19,21,37,44H,5-6,8,10-12,14,16,18H2,(H,38,40). The van der Waals surface area contributed by atoms with E-state index in [1.54, 1.807) is 63.1 Å². The molecule has 4 heterocycles. The number of hydrogen-bond acceptors (Lipinski definition) is 9. The molecule has 4 aromatic rings. The fraction of sp³-hybridized carbons (Fsp3) is 0.344. The molecule has 0 bridgehead atoms. The van der Waals surface area contributed by atoms with Gasteiger partial charge in [0.15, 0.2) is 29.6 Å². The van der Waals surface area contributed by atoms with Crippen LogP contribution in [0.1, 0.15) is 23.2 Å². The van der Waals surface area contributed by atoms with Crippen LogP contribution in [0.15, 0.2) is 48.9 Å². The lowest BCUT2D eigenvalue weighted by molar-refractivity contribution is -0.141. The molecule has 2 aliphatic heterocycles. The van der Waals surface area contributed by atoms with Crippen molar-refractivity contribution in [3.8, 4) is 23.1 Å². The van der Waals surface area contributed by atoms with Crippen LogP contribution in [0.25, 0.3) is 16.9 Å². The van der Waals surface area contributed by atoms with Crippen molar-refractivity contribution in [2.24, 2.45) is 5.92 Å². The molecule has 15 heteroatoms. The molecule has 47 heavy (non-hydrogen) atoms. The number of carbonyl (C=O) groups is 2. The first-order chi connectivity index (χ1) is 22.8. The molecule has 2 aromatic carbocycles. The molecule has 12 nitrogen and oxygen atoms in total. The summed E-state index contributed by atoms with van der Waals surface area (Å²) < 4.78 is 21.6. The summed E-state index contributed by atoms with van der Waals surface area (Å²) >= 11 is 12.9. The third-order valence-corrected chi connectivity index (χ3v) is 9.16. The SMILES string of the molecule is N#CCOc1ccc(-c2cnc3c(Nc4ccc(C(=O)N5CCC(C(=O)N6CCNCC6CO)CC5)c(Cl)c4)nccn23)c(Cl)c1F. The quantitative estimate of drug-likeness (QED) is 0.250. The summed E-state index contributed by atoms with van der Waals surface area (Å²) in [5.41, 5.74) is 2.22. The van der Waals surface area contributed by atoms with Crippen molar-refractivity contribution in [3.05, 3.63) is 70.3 Å². The van der Waals surface area contributed by atoms with E-state index >= 15 is 0 Å². The maximum atomic E-state index is 14.8. The van der Waals surface area contributed by atoms with Gasteiger partial charge in [0.25, 0.3) is 5.91 Å². The molecule has 244 valence electrons. The lowest BCUT2D eigenvalue weighted by atomic mass is 9.93. The highest BCUT2D eigenvalue weighted by molar-refractivity contribution is 6.34. The summed E-state index contributed by atoms with van der Waals surface area (Å²) in [5, 5.41) is 24.9. The van der Waals surface area contributed by atoms with Crippen LogP contribution in [-0.4, -0.2) is 93.1 Å². The second-order valence-electron chi connectivity index (χ2n) is 11.3. The normalized spacial score (nSPS) is 17.0. The highest BCUT2D eigenvalue weighted by atomic mass is 35.5. The number of piperidine rings is 1. The van der Waals surface area contributed by atoms with Gasteiger partial charge in [0.05, 0.1) is 40.1 Å². The molecular weight excluding hydrogens is 650 g/mol. The van der Waals surface area contributed by atoms with Crippen molar-refractivity contribution >= 4 is 52.2 Å². The van der Waals surface area contributed by atoms with Gasteiger partial charge in [-0.25, -0.2) is 14.4 Å². The van der Waals surface area contributed by atoms with Crippen LogP contribution in [0, 0.1) is 23.1 Å². The Morgan fingerprint density at radius 3 is 2.72 bits per heavy atom. The first-order valence-corrected chi connectivity index (χ1v) is 15.8. The molecule has 0 spiro atoms. The number of nitriles is 1. The summed E-state index contributed by atoms with van der Waals surface area (Å²) in [6, 6.07) is 9.55. The zero-order valence-electron chi connectivity index (χ0n) is 25.1. The largest absolute Gasteiger partial charge is 0.476 e. The van der Waals surface area contributed by atoms with Crippen LogP contribution >= 0.6 is 23.2 Å². The van der Waals surface area contributed by atoms with E-state index in [2.05, 4.69) is 20.6 Å². The number of imidazole rings is 1. The Balaban J connectivity index is 1.13. The van der Waals surface area contributed by atoms with Crippen LogP contribution in [0.5, 0.6) is 5.75 Å². The molecule has 2 fully saturated rings. The number of likely N-dealkylation sites (tertiary alicyclic amines) is 1. The average Bonchev–Trinajstić information content (AvgIpc) is 3.53. The number of amides is 2. The molecule has 0 aliphatic carbocycles. The Kier molecular flexibility index (Phi) is 9.74. The minimum absolute atomic E-state index is 0.0362. The lowest BCUT2D eigenvalue weighted by Gasteiger charge is -2.39. The number of anilines is 2. The van der Waals surface area contributed by atoms with Crippen LogP contribution in [-0.2, 0) is 4.79 Å². The minimum atomic E-state index is -0.782. The topological polar surface area (TPSA) is 148 Å². The summed E-state index contributed by atoms with van der Waals surface area (Å²) in [6.07, 6.45) is 5.84. The summed E-state index contributed by atoms with van der Waals surface area (Å²) in [5.74, 6) is -0.888. The Morgan fingerprint density at radius 2 is 1.98 bits per heavy atom. The van der Waals surface area contributed by atoms with Crippen LogP contribution < -0.4 is 15.4 Å². The fourth-order valence-corrected chi connectivity index (χ4v) is 6.52. The second kappa shape index (κ2) is 14.1. The highest BCUT2D eigenvalue weighted by Gasteiger charge is 2.34. The van der Waals surface area contributed by atoms with Gasteiger partial charge in [-0.15, -0.1) is 0 Å². The number of halogens is 3. The number of rotatable bonds is 8. The zero-order chi connectivity index (χ0) is 33.1. The van der Waals surface area contributed by atoms with Crippen molar-refractivity contribution in [2.45, 2.75) is 18.9 Å². The van der Waals surface area contributed by atoms with Crippen molar-refractivity contribution in [2.75, 3.05) is 51.3 Å². The maximum absolute atomic E-state index is 14.8. The number of fused-ring (bicyclic) bond motifs is 1. The van der Waals surface area contributed by atoms with Crippen molar-refractivity contribution in [1.82, 2.24) is 29.5 Å². The number of nitrogens with one attached hydrogen (secondary N) is 2. The van der Waals surface area contributed by atoms with E-state index in [1.807, 2.05) is 0 Å². The van der Waals surface area contributed by atoms with Crippen molar-refractivity contribution in [1.29, 1.82) is 5.26 Å². The third kappa shape index (κ3) is 6.55. The number of benzene rings is 2.